The lowest BCUT2D eigenvalue weighted by Crippen LogP contribution is -2.13. The molecule has 0 aliphatic carbocycles. The number of pyridine rings is 1. The Labute approximate surface area is 89.4 Å². The lowest BCUT2D eigenvalue weighted by Gasteiger charge is -2.07. The maximum atomic E-state index is 13.0. The highest BCUT2D eigenvalue weighted by Gasteiger charge is 2.15. The summed E-state index contributed by atoms with van der Waals surface area (Å²) < 4.78 is 18.4. The van der Waals surface area contributed by atoms with E-state index in [9.17, 15) is 9.18 Å². The van der Waals surface area contributed by atoms with Gasteiger partial charge in [-0.2, -0.15) is 4.39 Å². The standard InChI is InChI=1S/C9H9BrFNO2/c1-5(2)14-9(13)7-3-6(10)4-12-8(7)11/h3-5H,1-2H3. The van der Waals surface area contributed by atoms with Crippen molar-refractivity contribution in [1.29, 1.82) is 0 Å². The van der Waals surface area contributed by atoms with E-state index < -0.39 is 11.9 Å². The largest absolute Gasteiger partial charge is 0.459 e. The van der Waals surface area contributed by atoms with Crippen molar-refractivity contribution in [2.45, 2.75) is 20.0 Å². The Morgan fingerprint density at radius 2 is 2.29 bits per heavy atom. The molecule has 0 fully saturated rings. The number of aromatic nitrogens is 1. The Balaban J connectivity index is 2.94. The number of esters is 1. The zero-order valence-electron chi connectivity index (χ0n) is 7.75. The van der Waals surface area contributed by atoms with Crippen molar-refractivity contribution < 1.29 is 13.9 Å². The van der Waals surface area contributed by atoms with Gasteiger partial charge < -0.3 is 4.74 Å². The third-order valence-corrected chi connectivity index (χ3v) is 1.80. The molecule has 0 saturated carbocycles. The van der Waals surface area contributed by atoms with E-state index in [1.807, 2.05) is 0 Å². The van der Waals surface area contributed by atoms with Crippen molar-refractivity contribution in [3.8, 4) is 0 Å². The van der Waals surface area contributed by atoms with Crippen LogP contribution in [0, 0.1) is 5.95 Å². The van der Waals surface area contributed by atoms with Crippen molar-refractivity contribution in [3.05, 3.63) is 28.2 Å². The number of rotatable bonds is 2. The van der Waals surface area contributed by atoms with Gasteiger partial charge in [-0.05, 0) is 35.8 Å². The molecular formula is C9H9BrFNO2. The first kappa shape index (κ1) is 11.1. The Kier molecular flexibility index (Phi) is 3.57. The molecule has 0 atom stereocenters. The topological polar surface area (TPSA) is 39.2 Å². The minimum atomic E-state index is -0.821. The van der Waals surface area contributed by atoms with Crippen LogP contribution in [0.5, 0.6) is 0 Å². The van der Waals surface area contributed by atoms with Gasteiger partial charge in [0.25, 0.3) is 0 Å². The molecule has 3 nitrogen and oxygen atoms in total. The zero-order chi connectivity index (χ0) is 10.7. The van der Waals surface area contributed by atoms with Crippen molar-refractivity contribution in [3.63, 3.8) is 0 Å². The molecular weight excluding hydrogens is 253 g/mol. The fourth-order valence-corrected chi connectivity index (χ4v) is 1.17. The first-order valence-corrected chi connectivity index (χ1v) is 4.82. The van der Waals surface area contributed by atoms with Crippen LogP contribution < -0.4 is 0 Å². The van der Waals surface area contributed by atoms with Gasteiger partial charge in [0.2, 0.25) is 5.95 Å². The lowest BCUT2D eigenvalue weighted by atomic mass is 10.3. The fraction of sp³-hybridized carbons (Fsp3) is 0.333. The van der Waals surface area contributed by atoms with Crippen LogP contribution in [0.2, 0.25) is 0 Å². The van der Waals surface area contributed by atoms with Crippen LogP contribution in [0.15, 0.2) is 16.7 Å². The van der Waals surface area contributed by atoms with E-state index in [0.29, 0.717) is 4.47 Å². The van der Waals surface area contributed by atoms with Crippen LogP contribution >= 0.6 is 15.9 Å². The molecule has 0 bridgehead atoms. The van der Waals surface area contributed by atoms with Gasteiger partial charge in [0.15, 0.2) is 0 Å². The predicted octanol–water partition coefficient (Wildman–Crippen LogP) is 2.55. The summed E-state index contributed by atoms with van der Waals surface area (Å²) in [6.07, 6.45) is 1.00. The first-order chi connectivity index (χ1) is 6.50. The molecule has 0 aliphatic rings. The van der Waals surface area contributed by atoms with Crippen LogP contribution in [0.1, 0.15) is 24.2 Å². The van der Waals surface area contributed by atoms with Gasteiger partial charge >= 0.3 is 5.97 Å². The highest BCUT2D eigenvalue weighted by molar-refractivity contribution is 9.10. The second-order valence-electron chi connectivity index (χ2n) is 2.95. The highest BCUT2D eigenvalue weighted by Crippen LogP contribution is 2.14. The minimum absolute atomic E-state index is 0.159. The summed E-state index contributed by atoms with van der Waals surface area (Å²) in [7, 11) is 0. The molecule has 1 rings (SSSR count). The van der Waals surface area contributed by atoms with Crippen LogP contribution in [-0.2, 0) is 4.74 Å². The molecule has 1 aromatic rings. The third-order valence-electron chi connectivity index (χ3n) is 1.37. The van der Waals surface area contributed by atoms with Crippen LogP contribution in [0.3, 0.4) is 0 Å². The summed E-state index contributed by atoms with van der Waals surface area (Å²) in [4.78, 5) is 14.7. The van der Waals surface area contributed by atoms with Crippen LogP contribution in [0.25, 0.3) is 0 Å². The minimum Gasteiger partial charge on any atom is -0.459 e. The Hall–Kier alpha value is -0.970. The zero-order valence-corrected chi connectivity index (χ0v) is 9.34. The van der Waals surface area contributed by atoms with E-state index in [4.69, 9.17) is 4.74 Å². The predicted molar refractivity (Wildman–Crippen MR) is 52.4 cm³/mol. The van der Waals surface area contributed by atoms with Gasteiger partial charge in [-0.25, -0.2) is 9.78 Å². The molecule has 1 heterocycles. The second kappa shape index (κ2) is 4.50. The molecule has 0 saturated heterocycles. The number of ether oxygens (including phenoxy) is 1. The molecule has 0 radical (unpaired) electrons. The number of hydrogen-bond donors (Lipinski definition) is 0. The smallest absolute Gasteiger partial charge is 0.343 e. The lowest BCUT2D eigenvalue weighted by molar-refractivity contribution is 0.0371. The quantitative estimate of drug-likeness (QED) is 0.607. The molecule has 5 heteroatoms. The molecule has 0 aromatic carbocycles. The number of halogens is 2. The SMILES string of the molecule is CC(C)OC(=O)c1cc(Br)cnc1F. The molecule has 0 spiro atoms. The van der Waals surface area contributed by atoms with Crippen molar-refractivity contribution in [1.82, 2.24) is 4.98 Å². The molecule has 14 heavy (non-hydrogen) atoms. The molecule has 0 amide bonds. The molecule has 1 aromatic heterocycles. The maximum absolute atomic E-state index is 13.0. The van der Waals surface area contributed by atoms with E-state index in [1.54, 1.807) is 13.8 Å². The summed E-state index contributed by atoms with van der Waals surface area (Å²) in [6.45, 7) is 3.39. The van der Waals surface area contributed by atoms with Crippen molar-refractivity contribution in [2.24, 2.45) is 0 Å². The summed E-state index contributed by atoms with van der Waals surface area (Å²) in [5, 5.41) is 0. The molecule has 0 unspecified atom stereocenters. The Morgan fingerprint density at radius 3 is 2.86 bits per heavy atom. The van der Waals surface area contributed by atoms with Crippen LogP contribution in [0.4, 0.5) is 4.39 Å². The van der Waals surface area contributed by atoms with Gasteiger partial charge in [0.1, 0.15) is 5.56 Å². The van der Waals surface area contributed by atoms with Gasteiger partial charge in [-0.1, -0.05) is 0 Å². The maximum Gasteiger partial charge on any atom is 0.343 e. The number of hydrogen-bond acceptors (Lipinski definition) is 3. The molecule has 76 valence electrons. The van der Waals surface area contributed by atoms with E-state index in [-0.39, 0.29) is 11.7 Å². The normalized spacial score (nSPS) is 10.4. The average molecular weight is 262 g/mol. The van der Waals surface area contributed by atoms with Crippen molar-refractivity contribution >= 4 is 21.9 Å². The summed E-state index contributed by atoms with van der Waals surface area (Å²) in [5.74, 6) is -1.52. The number of carbonyl (C=O) groups excluding carboxylic acids is 1. The molecule has 0 aliphatic heterocycles. The Morgan fingerprint density at radius 1 is 1.64 bits per heavy atom. The van der Waals surface area contributed by atoms with E-state index in [2.05, 4.69) is 20.9 Å². The van der Waals surface area contributed by atoms with Gasteiger partial charge in [-0.3, -0.25) is 0 Å². The van der Waals surface area contributed by atoms with E-state index >= 15 is 0 Å². The average Bonchev–Trinajstić information content (AvgIpc) is 2.08. The van der Waals surface area contributed by atoms with Crippen molar-refractivity contribution in [2.75, 3.05) is 0 Å². The van der Waals surface area contributed by atoms with E-state index in [0.717, 1.165) is 0 Å². The third kappa shape index (κ3) is 2.77. The summed E-state index contributed by atoms with van der Waals surface area (Å²) in [5.41, 5.74) is -0.159. The van der Waals surface area contributed by atoms with Gasteiger partial charge in [0, 0.05) is 10.7 Å². The second-order valence-corrected chi connectivity index (χ2v) is 3.86. The highest BCUT2D eigenvalue weighted by atomic mass is 79.9. The monoisotopic (exact) mass is 261 g/mol. The first-order valence-electron chi connectivity index (χ1n) is 4.02. The Bertz CT molecular complexity index is 355. The summed E-state index contributed by atoms with van der Waals surface area (Å²) in [6, 6.07) is 1.34. The number of carbonyl (C=O) groups is 1. The van der Waals surface area contributed by atoms with Crippen LogP contribution in [-0.4, -0.2) is 17.1 Å². The molecule has 0 N–H and O–H groups in total. The van der Waals surface area contributed by atoms with Gasteiger partial charge in [0.05, 0.1) is 6.10 Å². The fourth-order valence-electron chi connectivity index (χ4n) is 0.843. The van der Waals surface area contributed by atoms with Gasteiger partial charge in [-0.15, -0.1) is 0 Å². The van der Waals surface area contributed by atoms with E-state index in [1.165, 1.54) is 12.3 Å². The number of nitrogens with zero attached hydrogens (tertiary/aromatic N) is 1. The summed E-state index contributed by atoms with van der Waals surface area (Å²) >= 11 is 3.09.